The largest absolute Gasteiger partial charge is 0.493 e. The summed E-state index contributed by atoms with van der Waals surface area (Å²) >= 11 is 0. The smallest absolute Gasteiger partial charge is 0.161 e. The molecule has 0 unspecified atom stereocenters. The van der Waals surface area contributed by atoms with Crippen LogP contribution in [0.2, 0.25) is 0 Å². The van der Waals surface area contributed by atoms with Crippen LogP contribution in [-0.4, -0.2) is 17.1 Å². The minimum absolute atomic E-state index is 0.179. The average molecular weight is 349 g/mol. The molecule has 5 heteroatoms. The van der Waals surface area contributed by atoms with E-state index < -0.39 is 0 Å². The quantitative estimate of drug-likeness (QED) is 0.668. The van der Waals surface area contributed by atoms with Crippen molar-refractivity contribution in [1.29, 1.82) is 0 Å². The number of aromatic nitrogens is 2. The van der Waals surface area contributed by atoms with E-state index in [2.05, 4.69) is 34.3 Å². The van der Waals surface area contributed by atoms with Crippen molar-refractivity contribution in [3.63, 3.8) is 0 Å². The van der Waals surface area contributed by atoms with Crippen LogP contribution in [0.3, 0.4) is 0 Å². The summed E-state index contributed by atoms with van der Waals surface area (Å²) in [5, 5.41) is 3.50. The van der Waals surface area contributed by atoms with Gasteiger partial charge in [0, 0.05) is 37.4 Å². The van der Waals surface area contributed by atoms with Crippen molar-refractivity contribution in [3.8, 4) is 11.5 Å². The normalized spacial score (nSPS) is 11.8. The fraction of sp³-hybridized carbons (Fsp3) is 0.238. The predicted octanol–water partition coefficient (Wildman–Crippen LogP) is 3.92. The summed E-state index contributed by atoms with van der Waals surface area (Å²) in [5.74, 6) is 1.46. The maximum absolute atomic E-state index is 5.90. The molecule has 1 aromatic carbocycles. The molecule has 5 nitrogen and oxygen atoms in total. The minimum Gasteiger partial charge on any atom is -0.493 e. The Labute approximate surface area is 154 Å². The van der Waals surface area contributed by atoms with E-state index in [1.54, 1.807) is 25.7 Å². The molecule has 1 N–H and O–H groups in total. The van der Waals surface area contributed by atoms with Crippen LogP contribution < -0.4 is 14.8 Å². The molecule has 0 radical (unpaired) electrons. The van der Waals surface area contributed by atoms with Gasteiger partial charge in [-0.1, -0.05) is 12.1 Å². The maximum Gasteiger partial charge on any atom is 0.161 e. The zero-order valence-electron chi connectivity index (χ0n) is 15.1. The molecule has 0 aliphatic heterocycles. The second kappa shape index (κ2) is 8.97. The topological polar surface area (TPSA) is 56.3 Å². The molecule has 2 heterocycles. The highest BCUT2D eigenvalue weighted by Gasteiger charge is 2.11. The van der Waals surface area contributed by atoms with Crippen molar-refractivity contribution in [1.82, 2.24) is 15.3 Å². The Hall–Kier alpha value is -2.92. The minimum atomic E-state index is 0.179. The van der Waals surface area contributed by atoms with Gasteiger partial charge >= 0.3 is 0 Å². The van der Waals surface area contributed by atoms with Crippen LogP contribution in [0.15, 0.2) is 67.3 Å². The van der Waals surface area contributed by atoms with Gasteiger partial charge in [0.05, 0.1) is 7.11 Å². The molecule has 0 bridgehead atoms. The third-order valence-corrected chi connectivity index (χ3v) is 4.17. The van der Waals surface area contributed by atoms with Crippen LogP contribution in [0.5, 0.6) is 11.5 Å². The highest BCUT2D eigenvalue weighted by atomic mass is 16.5. The number of hydrogen-bond donors (Lipinski definition) is 1. The summed E-state index contributed by atoms with van der Waals surface area (Å²) in [4.78, 5) is 8.15. The van der Waals surface area contributed by atoms with E-state index in [-0.39, 0.29) is 6.04 Å². The lowest BCUT2D eigenvalue weighted by Gasteiger charge is -2.17. The number of ether oxygens (including phenoxy) is 2. The SMILES string of the molecule is COc1cc([C@@H](C)NCc2cccnc2)ccc1OCc1ccncc1. The first-order valence-corrected chi connectivity index (χ1v) is 8.58. The number of nitrogens with one attached hydrogen (secondary N) is 1. The van der Waals surface area contributed by atoms with E-state index in [4.69, 9.17) is 9.47 Å². The van der Waals surface area contributed by atoms with Gasteiger partial charge in [0.2, 0.25) is 0 Å². The van der Waals surface area contributed by atoms with Crippen molar-refractivity contribution in [3.05, 3.63) is 83.9 Å². The molecule has 0 amide bonds. The second-order valence-electron chi connectivity index (χ2n) is 6.02. The zero-order valence-corrected chi connectivity index (χ0v) is 15.1. The third-order valence-electron chi connectivity index (χ3n) is 4.17. The van der Waals surface area contributed by atoms with Crippen molar-refractivity contribution < 1.29 is 9.47 Å². The Morgan fingerprint density at radius 1 is 0.962 bits per heavy atom. The van der Waals surface area contributed by atoms with E-state index in [1.165, 1.54) is 0 Å². The fourth-order valence-corrected chi connectivity index (χ4v) is 2.60. The number of pyridine rings is 2. The summed E-state index contributed by atoms with van der Waals surface area (Å²) in [6.45, 7) is 3.37. The van der Waals surface area contributed by atoms with Crippen LogP contribution in [0.25, 0.3) is 0 Å². The Bertz CT molecular complexity index is 810. The molecular weight excluding hydrogens is 326 g/mol. The second-order valence-corrected chi connectivity index (χ2v) is 6.02. The van der Waals surface area contributed by atoms with Crippen molar-refractivity contribution in [2.45, 2.75) is 26.1 Å². The number of methoxy groups -OCH3 is 1. The Kier molecular flexibility index (Phi) is 6.17. The van der Waals surface area contributed by atoms with E-state index >= 15 is 0 Å². The van der Waals surface area contributed by atoms with Crippen LogP contribution in [0.1, 0.15) is 29.7 Å². The molecule has 3 rings (SSSR count). The Balaban J connectivity index is 1.63. The molecule has 0 aliphatic carbocycles. The Morgan fingerprint density at radius 3 is 2.54 bits per heavy atom. The van der Waals surface area contributed by atoms with Gasteiger partial charge < -0.3 is 14.8 Å². The van der Waals surface area contributed by atoms with Gasteiger partial charge in [-0.3, -0.25) is 9.97 Å². The van der Waals surface area contributed by atoms with Crippen LogP contribution in [0, 0.1) is 0 Å². The van der Waals surface area contributed by atoms with Gasteiger partial charge in [0.1, 0.15) is 6.61 Å². The van der Waals surface area contributed by atoms with Crippen molar-refractivity contribution in [2.24, 2.45) is 0 Å². The van der Waals surface area contributed by atoms with Crippen molar-refractivity contribution in [2.75, 3.05) is 7.11 Å². The highest BCUT2D eigenvalue weighted by molar-refractivity contribution is 5.44. The van der Waals surface area contributed by atoms with Gasteiger partial charge in [-0.25, -0.2) is 0 Å². The first-order chi connectivity index (χ1) is 12.8. The molecule has 1 atom stereocenters. The lowest BCUT2D eigenvalue weighted by Crippen LogP contribution is -2.18. The molecule has 0 saturated heterocycles. The molecular formula is C21H23N3O2. The number of hydrogen-bond acceptors (Lipinski definition) is 5. The predicted molar refractivity (Wildman–Crippen MR) is 101 cm³/mol. The summed E-state index contributed by atoms with van der Waals surface area (Å²) < 4.78 is 11.4. The maximum atomic E-state index is 5.90. The molecule has 0 saturated carbocycles. The summed E-state index contributed by atoms with van der Waals surface area (Å²) in [7, 11) is 1.66. The third kappa shape index (κ3) is 4.80. The van der Waals surface area contributed by atoms with Gasteiger partial charge in [0.15, 0.2) is 11.5 Å². The van der Waals surface area contributed by atoms with Crippen LogP contribution in [-0.2, 0) is 13.2 Å². The number of rotatable bonds is 8. The highest BCUT2D eigenvalue weighted by Crippen LogP contribution is 2.31. The molecule has 26 heavy (non-hydrogen) atoms. The monoisotopic (exact) mass is 349 g/mol. The lowest BCUT2D eigenvalue weighted by atomic mass is 10.1. The van der Waals surface area contributed by atoms with Crippen LogP contribution in [0.4, 0.5) is 0 Å². The first-order valence-electron chi connectivity index (χ1n) is 8.58. The van der Waals surface area contributed by atoms with E-state index in [0.717, 1.165) is 34.7 Å². The van der Waals surface area contributed by atoms with Crippen LogP contribution >= 0.6 is 0 Å². The molecule has 0 aliphatic rings. The Morgan fingerprint density at radius 2 is 1.81 bits per heavy atom. The van der Waals surface area contributed by atoms with Gasteiger partial charge in [-0.15, -0.1) is 0 Å². The van der Waals surface area contributed by atoms with E-state index in [1.807, 2.05) is 36.5 Å². The number of nitrogens with zero attached hydrogens (tertiary/aromatic N) is 2. The van der Waals surface area contributed by atoms with Gasteiger partial charge in [-0.05, 0) is 53.9 Å². The molecule has 134 valence electrons. The first kappa shape index (κ1) is 17.9. The lowest BCUT2D eigenvalue weighted by molar-refractivity contribution is 0.284. The standard InChI is InChI=1S/C21H23N3O2/c1-16(24-14-18-4-3-9-23-13-18)19-5-6-20(21(12-19)25-2)26-15-17-7-10-22-11-8-17/h3-13,16,24H,14-15H2,1-2H3/t16-/m1/s1. The molecule has 0 spiro atoms. The summed E-state index contributed by atoms with van der Waals surface area (Å²) in [5.41, 5.74) is 3.36. The summed E-state index contributed by atoms with van der Waals surface area (Å²) in [6.07, 6.45) is 7.17. The van der Waals surface area contributed by atoms with E-state index in [0.29, 0.717) is 6.61 Å². The average Bonchev–Trinajstić information content (AvgIpc) is 2.72. The zero-order chi connectivity index (χ0) is 18.2. The van der Waals surface area contributed by atoms with Gasteiger partial charge in [-0.2, -0.15) is 0 Å². The van der Waals surface area contributed by atoms with E-state index in [9.17, 15) is 0 Å². The fourth-order valence-electron chi connectivity index (χ4n) is 2.60. The van der Waals surface area contributed by atoms with Gasteiger partial charge in [0.25, 0.3) is 0 Å². The van der Waals surface area contributed by atoms with Crippen molar-refractivity contribution >= 4 is 0 Å². The molecule has 0 fully saturated rings. The molecule has 2 aromatic heterocycles. The molecule has 3 aromatic rings. The summed E-state index contributed by atoms with van der Waals surface area (Å²) in [6, 6.07) is 14.1. The number of benzene rings is 1.